The van der Waals surface area contributed by atoms with E-state index in [2.05, 4.69) is 22.2 Å². The lowest BCUT2D eigenvalue weighted by atomic mass is 10.2. The van der Waals surface area contributed by atoms with Gasteiger partial charge in [-0.1, -0.05) is 19.1 Å². The summed E-state index contributed by atoms with van der Waals surface area (Å²) in [4.78, 5) is 8.83. The number of rotatable bonds is 7. The molecule has 5 heteroatoms. The molecule has 2 aromatic rings. The van der Waals surface area contributed by atoms with E-state index >= 15 is 0 Å². The average molecular weight is 287 g/mol. The number of benzene rings is 1. The largest absolute Gasteiger partial charge is 0.497 e. The molecule has 21 heavy (non-hydrogen) atoms. The van der Waals surface area contributed by atoms with Crippen molar-refractivity contribution in [2.45, 2.75) is 26.4 Å². The summed E-state index contributed by atoms with van der Waals surface area (Å²) < 4.78 is 11.0. The molecule has 112 valence electrons. The molecule has 0 aliphatic heterocycles. The zero-order valence-corrected chi connectivity index (χ0v) is 12.7. The lowest BCUT2D eigenvalue weighted by Crippen LogP contribution is -2.04. The molecule has 2 rings (SSSR count). The first kappa shape index (κ1) is 15.1. The molecule has 1 aromatic heterocycles. The van der Waals surface area contributed by atoms with Crippen LogP contribution in [-0.4, -0.2) is 24.1 Å². The van der Waals surface area contributed by atoms with E-state index in [1.165, 1.54) is 0 Å². The summed E-state index contributed by atoms with van der Waals surface area (Å²) >= 11 is 0. The van der Waals surface area contributed by atoms with Gasteiger partial charge in [-0.3, -0.25) is 0 Å². The van der Waals surface area contributed by atoms with E-state index in [1.54, 1.807) is 13.2 Å². The molecular formula is C16H21N3O2. The van der Waals surface area contributed by atoms with Gasteiger partial charge in [-0.15, -0.1) is 0 Å². The van der Waals surface area contributed by atoms with Gasteiger partial charge < -0.3 is 14.8 Å². The summed E-state index contributed by atoms with van der Waals surface area (Å²) in [7, 11) is 3.49. The van der Waals surface area contributed by atoms with Crippen molar-refractivity contribution in [1.29, 1.82) is 0 Å². The molecule has 0 unspecified atom stereocenters. The number of ether oxygens (including phenoxy) is 2. The second kappa shape index (κ2) is 7.47. The Bertz CT molecular complexity index is 587. The monoisotopic (exact) mass is 287 g/mol. The van der Waals surface area contributed by atoms with Crippen molar-refractivity contribution >= 4 is 5.82 Å². The van der Waals surface area contributed by atoms with Gasteiger partial charge in [-0.2, -0.15) is 4.98 Å². The van der Waals surface area contributed by atoms with E-state index in [9.17, 15) is 0 Å². The van der Waals surface area contributed by atoms with Gasteiger partial charge in [0.1, 0.15) is 24.0 Å². The SMILES string of the molecule is CCCc1nc(NC)cc(OCc2cccc(OC)c2)n1. The van der Waals surface area contributed by atoms with Gasteiger partial charge in [0.25, 0.3) is 0 Å². The first-order chi connectivity index (χ1) is 10.2. The third-order valence-corrected chi connectivity index (χ3v) is 3.00. The average Bonchev–Trinajstić information content (AvgIpc) is 2.53. The summed E-state index contributed by atoms with van der Waals surface area (Å²) in [5.74, 6) is 2.97. The normalized spacial score (nSPS) is 10.2. The first-order valence-electron chi connectivity index (χ1n) is 7.06. The molecule has 1 aromatic carbocycles. The van der Waals surface area contributed by atoms with Crippen LogP contribution in [0.2, 0.25) is 0 Å². The van der Waals surface area contributed by atoms with Crippen LogP contribution in [0.1, 0.15) is 24.7 Å². The summed E-state index contributed by atoms with van der Waals surface area (Å²) in [6.07, 6.45) is 1.84. The van der Waals surface area contributed by atoms with Crippen LogP contribution in [0.5, 0.6) is 11.6 Å². The minimum Gasteiger partial charge on any atom is -0.497 e. The molecule has 0 saturated heterocycles. The van der Waals surface area contributed by atoms with E-state index < -0.39 is 0 Å². The molecule has 0 bridgehead atoms. The number of hydrogen-bond donors (Lipinski definition) is 1. The highest BCUT2D eigenvalue weighted by Gasteiger charge is 2.05. The number of methoxy groups -OCH3 is 1. The number of nitrogens with zero attached hydrogens (tertiary/aromatic N) is 2. The summed E-state index contributed by atoms with van der Waals surface area (Å²) in [6.45, 7) is 2.55. The Morgan fingerprint density at radius 1 is 1.19 bits per heavy atom. The van der Waals surface area contributed by atoms with Crippen LogP contribution in [-0.2, 0) is 13.0 Å². The summed E-state index contributed by atoms with van der Waals surface area (Å²) in [6, 6.07) is 9.60. The Kier molecular flexibility index (Phi) is 5.37. The molecule has 0 saturated carbocycles. The van der Waals surface area contributed by atoms with Crippen LogP contribution in [0.4, 0.5) is 5.82 Å². The van der Waals surface area contributed by atoms with Gasteiger partial charge in [-0.05, 0) is 24.1 Å². The highest BCUT2D eigenvalue weighted by atomic mass is 16.5. The molecule has 0 spiro atoms. The van der Waals surface area contributed by atoms with Gasteiger partial charge in [0, 0.05) is 19.5 Å². The fourth-order valence-electron chi connectivity index (χ4n) is 1.93. The van der Waals surface area contributed by atoms with E-state index in [0.717, 1.165) is 35.8 Å². The van der Waals surface area contributed by atoms with E-state index in [0.29, 0.717) is 12.5 Å². The number of nitrogens with one attached hydrogen (secondary N) is 1. The maximum atomic E-state index is 5.77. The zero-order chi connectivity index (χ0) is 15.1. The Labute approximate surface area is 125 Å². The minimum absolute atomic E-state index is 0.447. The molecule has 0 amide bonds. The molecular weight excluding hydrogens is 266 g/mol. The van der Waals surface area contributed by atoms with E-state index in [4.69, 9.17) is 9.47 Å². The van der Waals surface area contributed by atoms with E-state index in [1.807, 2.05) is 31.3 Å². The van der Waals surface area contributed by atoms with Crippen LogP contribution in [0.15, 0.2) is 30.3 Å². The third-order valence-electron chi connectivity index (χ3n) is 3.00. The summed E-state index contributed by atoms with van der Waals surface area (Å²) in [5, 5.41) is 3.03. The maximum Gasteiger partial charge on any atom is 0.219 e. The van der Waals surface area contributed by atoms with Gasteiger partial charge in [0.15, 0.2) is 0 Å². The highest BCUT2D eigenvalue weighted by molar-refractivity contribution is 5.38. The Morgan fingerprint density at radius 2 is 2.05 bits per heavy atom. The predicted molar refractivity (Wildman–Crippen MR) is 82.9 cm³/mol. The quantitative estimate of drug-likeness (QED) is 0.848. The van der Waals surface area contributed by atoms with Gasteiger partial charge >= 0.3 is 0 Å². The van der Waals surface area contributed by atoms with Crippen molar-refractivity contribution in [3.63, 3.8) is 0 Å². The Balaban J connectivity index is 2.09. The smallest absolute Gasteiger partial charge is 0.219 e. The van der Waals surface area contributed by atoms with E-state index in [-0.39, 0.29) is 0 Å². The molecule has 1 heterocycles. The molecule has 0 aliphatic rings. The predicted octanol–water partition coefficient (Wildman–Crippen LogP) is 3.06. The van der Waals surface area contributed by atoms with Crippen molar-refractivity contribution in [2.75, 3.05) is 19.5 Å². The van der Waals surface area contributed by atoms with Crippen LogP contribution < -0.4 is 14.8 Å². The fourth-order valence-corrected chi connectivity index (χ4v) is 1.93. The van der Waals surface area contributed by atoms with Crippen molar-refractivity contribution in [1.82, 2.24) is 9.97 Å². The molecule has 0 fully saturated rings. The van der Waals surface area contributed by atoms with Gasteiger partial charge in [-0.25, -0.2) is 4.98 Å². The molecule has 1 N–H and O–H groups in total. The van der Waals surface area contributed by atoms with Crippen LogP contribution >= 0.6 is 0 Å². The number of anilines is 1. The van der Waals surface area contributed by atoms with Crippen LogP contribution in [0.3, 0.4) is 0 Å². The standard InChI is InChI=1S/C16H21N3O2/c1-4-6-14-18-15(17-2)10-16(19-14)21-11-12-7-5-8-13(9-12)20-3/h5,7-10H,4,6,11H2,1-3H3,(H,17,18,19). The number of aryl methyl sites for hydroxylation is 1. The Morgan fingerprint density at radius 3 is 2.76 bits per heavy atom. The second-order valence-electron chi connectivity index (χ2n) is 4.65. The van der Waals surface area contributed by atoms with Crippen LogP contribution in [0.25, 0.3) is 0 Å². The number of hydrogen-bond acceptors (Lipinski definition) is 5. The fraction of sp³-hybridized carbons (Fsp3) is 0.375. The first-order valence-corrected chi connectivity index (χ1v) is 7.06. The van der Waals surface area contributed by atoms with Gasteiger partial charge in [0.05, 0.1) is 7.11 Å². The lowest BCUT2D eigenvalue weighted by Gasteiger charge is -2.09. The molecule has 0 atom stereocenters. The third kappa shape index (κ3) is 4.34. The van der Waals surface area contributed by atoms with Crippen LogP contribution in [0, 0.1) is 0 Å². The maximum absolute atomic E-state index is 5.77. The Hall–Kier alpha value is -2.30. The second-order valence-corrected chi connectivity index (χ2v) is 4.65. The highest BCUT2D eigenvalue weighted by Crippen LogP contribution is 2.17. The molecule has 0 aliphatic carbocycles. The zero-order valence-electron chi connectivity index (χ0n) is 12.7. The number of aromatic nitrogens is 2. The summed E-state index contributed by atoms with van der Waals surface area (Å²) in [5.41, 5.74) is 1.04. The minimum atomic E-state index is 0.447. The topological polar surface area (TPSA) is 56.3 Å². The lowest BCUT2D eigenvalue weighted by molar-refractivity contribution is 0.291. The molecule has 0 radical (unpaired) electrons. The van der Waals surface area contributed by atoms with Crippen molar-refractivity contribution in [3.05, 3.63) is 41.7 Å². The van der Waals surface area contributed by atoms with Crippen molar-refractivity contribution in [3.8, 4) is 11.6 Å². The van der Waals surface area contributed by atoms with Crippen molar-refractivity contribution in [2.24, 2.45) is 0 Å². The van der Waals surface area contributed by atoms with Crippen molar-refractivity contribution < 1.29 is 9.47 Å². The van der Waals surface area contributed by atoms with Gasteiger partial charge in [0.2, 0.25) is 5.88 Å². The molecule has 5 nitrogen and oxygen atoms in total.